The Morgan fingerprint density at radius 2 is 1.35 bits per heavy atom. The largest absolute Gasteiger partial charge is 0.508 e. The van der Waals surface area contributed by atoms with E-state index in [0.29, 0.717) is 11.5 Å². The molecule has 0 aromatic heterocycles. The van der Waals surface area contributed by atoms with Gasteiger partial charge in [0.1, 0.15) is 11.5 Å². The van der Waals surface area contributed by atoms with E-state index < -0.39 is 0 Å². The molecule has 0 aliphatic carbocycles. The zero-order valence-electron chi connectivity index (χ0n) is 12.3. The molecular weight excluding hydrogens is 248 g/mol. The van der Waals surface area contributed by atoms with Crippen LogP contribution in [0, 0.1) is 0 Å². The molecule has 0 saturated carbocycles. The molecule has 2 nitrogen and oxygen atoms in total. The molecule has 2 aromatic carbocycles. The molecule has 0 heterocycles. The molecule has 2 N–H and O–H groups in total. The lowest BCUT2D eigenvalue weighted by molar-refractivity contribution is 0.467. The van der Waals surface area contributed by atoms with E-state index in [1.807, 2.05) is 30.3 Å². The average Bonchev–Trinajstić information content (AvgIpc) is 2.45. The topological polar surface area (TPSA) is 40.5 Å². The Bertz CT molecular complexity index is 489. The Kier molecular flexibility index (Phi) is 7.26. The first kappa shape index (κ1) is 16.1. The highest BCUT2D eigenvalue weighted by atomic mass is 16.3. The van der Waals surface area contributed by atoms with Gasteiger partial charge in [0.05, 0.1) is 0 Å². The minimum Gasteiger partial charge on any atom is -0.508 e. The van der Waals surface area contributed by atoms with Gasteiger partial charge in [-0.1, -0.05) is 57.0 Å². The zero-order valence-corrected chi connectivity index (χ0v) is 12.3. The minimum atomic E-state index is 0.347. The van der Waals surface area contributed by atoms with Crippen LogP contribution < -0.4 is 0 Å². The summed E-state index contributed by atoms with van der Waals surface area (Å²) >= 11 is 0. The van der Waals surface area contributed by atoms with Gasteiger partial charge in [0.25, 0.3) is 0 Å². The fourth-order valence-electron chi connectivity index (χ4n) is 1.94. The molecule has 108 valence electrons. The lowest BCUT2D eigenvalue weighted by Crippen LogP contribution is -1.81. The minimum absolute atomic E-state index is 0.347. The highest BCUT2D eigenvalue weighted by Gasteiger charge is 1.95. The van der Waals surface area contributed by atoms with E-state index in [4.69, 9.17) is 5.11 Å². The number of hydrogen-bond donors (Lipinski definition) is 2. The molecule has 2 heteroatoms. The van der Waals surface area contributed by atoms with E-state index in [0.717, 1.165) is 31.2 Å². The summed E-state index contributed by atoms with van der Waals surface area (Å²) in [6.07, 6.45) is 4.30. The number of hydrogen-bond acceptors (Lipinski definition) is 2. The van der Waals surface area contributed by atoms with Gasteiger partial charge in [0.15, 0.2) is 0 Å². The molecule has 0 aliphatic heterocycles. The Morgan fingerprint density at radius 3 is 1.90 bits per heavy atom. The predicted molar refractivity (Wildman–Crippen MR) is 84.2 cm³/mol. The first-order valence-electron chi connectivity index (χ1n) is 7.22. The van der Waals surface area contributed by atoms with Crippen LogP contribution >= 0.6 is 0 Å². The van der Waals surface area contributed by atoms with Crippen molar-refractivity contribution >= 4 is 0 Å². The summed E-state index contributed by atoms with van der Waals surface area (Å²) in [6.45, 7) is 4.25. The maximum atomic E-state index is 9.24. The van der Waals surface area contributed by atoms with Crippen molar-refractivity contribution in [1.29, 1.82) is 0 Å². The number of aromatic hydroxyl groups is 2. The second-order valence-corrected chi connectivity index (χ2v) is 4.80. The average molecular weight is 272 g/mol. The highest BCUT2D eigenvalue weighted by Crippen LogP contribution is 2.16. The predicted octanol–water partition coefficient (Wildman–Crippen LogP) is 4.69. The van der Waals surface area contributed by atoms with Crippen molar-refractivity contribution in [2.45, 2.75) is 39.5 Å². The summed E-state index contributed by atoms with van der Waals surface area (Å²) in [7, 11) is 0. The van der Waals surface area contributed by atoms with Crippen molar-refractivity contribution in [3.8, 4) is 11.5 Å². The molecule has 2 aromatic rings. The van der Waals surface area contributed by atoms with Crippen LogP contribution in [0.1, 0.15) is 37.8 Å². The van der Waals surface area contributed by atoms with Gasteiger partial charge < -0.3 is 10.2 Å². The van der Waals surface area contributed by atoms with Crippen LogP contribution in [0.5, 0.6) is 11.5 Å². The third-order valence-corrected chi connectivity index (χ3v) is 2.99. The molecule has 0 radical (unpaired) electrons. The van der Waals surface area contributed by atoms with Crippen molar-refractivity contribution < 1.29 is 10.2 Å². The Morgan fingerprint density at radius 1 is 0.750 bits per heavy atom. The monoisotopic (exact) mass is 272 g/mol. The maximum absolute atomic E-state index is 9.24. The second-order valence-electron chi connectivity index (χ2n) is 4.80. The molecule has 0 fully saturated rings. The summed E-state index contributed by atoms with van der Waals surface area (Å²) in [5.41, 5.74) is 2.34. The van der Waals surface area contributed by atoms with Crippen LogP contribution in [0.2, 0.25) is 0 Å². The molecular formula is C18H24O2. The zero-order chi connectivity index (χ0) is 14.8. The van der Waals surface area contributed by atoms with Crippen LogP contribution in [0.25, 0.3) is 0 Å². The second kappa shape index (κ2) is 9.03. The van der Waals surface area contributed by atoms with E-state index in [9.17, 15) is 5.11 Å². The van der Waals surface area contributed by atoms with Gasteiger partial charge in [-0.25, -0.2) is 0 Å². The standard InChI is InChI=1S/2C9H12O/c1-2-5-8-6-3-4-7-9(8)10;1-2-3-8-4-6-9(10)7-5-8/h3-4,6-7,10H,2,5H2,1H3;4-7,10H,2-3H2,1H3. The first-order chi connectivity index (χ1) is 9.67. The number of aryl methyl sites for hydroxylation is 2. The van der Waals surface area contributed by atoms with Crippen LogP contribution in [0.15, 0.2) is 48.5 Å². The Hall–Kier alpha value is -1.96. The van der Waals surface area contributed by atoms with Crippen LogP contribution in [0.4, 0.5) is 0 Å². The molecule has 0 atom stereocenters. The van der Waals surface area contributed by atoms with Crippen molar-refractivity contribution in [2.24, 2.45) is 0 Å². The van der Waals surface area contributed by atoms with Gasteiger partial charge in [-0.2, -0.15) is 0 Å². The fourth-order valence-corrected chi connectivity index (χ4v) is 1.94. The van der Waals surface area contributed by atoms with Crippen LogP contribution in [-0.2, 0) is 12.8 Å². The van der Waals surface area contributed by atoms with Crippen LogP contribution in [-0.4, -0.2) is 10.2 Å². The number of rotatable bonds is 4. The molecule has 0 aliphatic rings. The molecule has 0 saturated heterocycles. The van der Waals surface area contributed by atoms with Crippen LogP contribution in [0.3, 0.4) is 0 Å². The molecule has 0 bridgehead atoms. The van der Waals surface area contributed by atoms with Crippen molar-refractivity contribution in [3.05, 3.63) is 59.7 Å². The van der Waals surface area contributed by atoms with Gasteiger partial charge in [-0.3, -0.25) is 0 Å². The summed E-state index contributed by atoms with van der Waals surface area (Å²) in [6, 6.07) is 14.8. The number of phenolic OH excluding ortho intramolecular Hbond substituents is 2. The van der Waals surface area contributed by atoms with Gasteiger partial charge in [-0.15, -0.1) is 0 Å². The number of para-hydroxylation sites is 1. The fraction of sp³-hybridized carbons (Fsp3) is 0.333. The van der Waals surface area contributed by atoms with E-state index in [1.165, 1.54) is 5.56 Å². The quantitative estimate of drug-likeness (QED) is 0.847. The third kappa shape index (κ3) is 5.79. The number of benzene rings is 2. The van der Waals surface area contributed by atoms with Gasteiger partial charge in [-0.05, 0) is 42.2 Å². The van der Waals surface area contributed by atoms with Gasteiger partial charge >= 0.3 is 0 Å². The van der Waals surface area contributed by atoms with Crippen molar-refractivity contribution in [3.63, 3.8) is 0 Å². The summed E-state index contributed by atoms with van der Waals surface area (Å²) in [5.74, 6) is 0.768. The summed E-state index contributed by atoms with van der Waals surface area (Å²) < 4.78 is 0. The maximum Gasteiger partial charge on any atom is 0.118 e. The third-order valence-electron chi connectivity index (χ3n) is 2.99. The number of phenols is 2. The normalized spacial score (nSPS) is 9.70. The van der Waals surface area contributed by atoms with Crippen molar-refractivity contribution in [2.75, 3.05) is 0 Å². The molecule has 2 rings (SSSR count). The smallest absolute Gasteiger partial charge is 0.118 e. The molecule has 0 spiro atoms. The Labute approximate surface area is 121 Å². The van der Waals surface area contributed by atoms with E-state index in [-0.39, 0.29) is 0 Å². The molecule has 0 unspecified atom stereocenters. The van der Waals surface area contributed by atoms with Crippen molar-refractivity contribution in [1.82, 2.24) is 0 Å². The lowest BCUT2D eigenvalue weighted by Gasteiger charge is -1.99. The Balaban J connectivity index is 0.000000200. The van der Waals surface area contributed by atoms with E-state index >= 15 is 0 Å². The summed E-state index contributed by atoms with van der Waals surface area (Å²) in [5, 5.41) is 18.2. The first-order valence-corrected chi connectivity index (χ1v) is 7.22. The van der Waals surface area contributed by atoms with E-state index in [2.05, 4.69) is 13.8 Å². The van der Waals surface area contributed by atoms with Gasteiger partial charge in [0, 0.05) is 0 Å². The molecule has 0 amide bonds. The lowest BCUT2D eigenvalue weighted by atomic mass is 10.1. The van der Waals surface area contributed by atoms with E-state index in [1.54, 1.807) is 18.2 Å². The van der Waals surface area contributed by atoms with Gasteiger partial charge in [0.2, 0.25) is 0 Å². The summed E-state index contributed by atoms with van der Waals surface area (Å²) in [4.78, 5) is 0. The molecule has 20 heavy (non-hydrogen) atoms. The highest BCUT2D eigenvalue weighted by molar-refractivity contribution is 5.31. The SMILES string of the molecule is CCCc1ccc(O)cc1.CCCc1ccccc1O.